The average molecular weight is 389 g/mol. The lowest BCUT2D eigenvalue weighted by Crippen LogP contribution is -2.27. The number of anilines is 1. The van der Waals surface area contributed by atoms with Gasteiger partial charge in [-0.05, 0) is 34.5 Å². The second-order valence-corrected chi connectivity index (χ2v) is 9.03. The zero-order valence-corrected chi connectivity index (χ0v) is 13.8. The molecule has 0 saturated carbocycles. The highest BCUT2D eigenvalue weighted by atomic mass is 79.9. The predicted octanol–water partition coefficient (Wildman–Crippen LogP) is 0.883. The molecular weight excluding hydrogens is 375 g/mol. The Labute approximate surface area is 125 Å². The van der Waals surface area contributed by atoms with E-state index >= 15 is 0 Å². The zero-order valence-electron chi connectivity index (χ0n) is 10.6. The predicted molar refractivity (Wildman–Crippen MR) is 78.0 cm³/mol. The first-order chi connectivity index (χ1) is 9.03. The molecule has 0 saturated heterocycles. The van der Waals surface area contributed by atoms with E-state index in [0.717, 1.165) is 18.4 Å². The molecule has 0 aromatic heterocycles. The molecule has 1 aromatic rings. The molecule has 0 radical (unpaired) electrons. The van der Waals surface area contributed by atoms with Crippen LogP contribution in [0, 0.1) is 5.82 Å². The van der Waals surface area contributed by atoms with Gasteiger partial charge in [-0.1, -0.05) is 0 Å². The number of nitrogen functional groups attached to an aromatic ring is 1. The van der Waals surface area contributed by atoms with Crippen LogP contribution in [0.1, 0.15) is 6.42 Å². The Morgan fingerprint density at radius 2 is 1.90 bits per heavy atom. The van der Waals surface area contributed by atoms with Crippen molar-refractivity contribution < 1.29 is 21.2 Å². The number of sulfone groups is 1. The van der Waals surface area contributed by atoms with Crippen molar-refractivity contribution in [1.82, 2.24) is 4.72 Å². The molecule has 6 nitrogen and oxygen atoms in total. The van der Waals surface area contributed by atoms with E-state index < -0.39 is 30.6 Å². The zero-order chi connectivity index (χ0) is 15.6. The van der Waals surface area contributed by atoms with Gasteiger partial charge in [0, 0.05) is 23.0 Å². The van der Waals surface area contributed by atoms with Gasteiger partial charge in [0.1, 0.15) is 20.5 Å². The molecule has 0 spiro atoms. The summed E-state index contributed by atoms with van der Waals surface area (Å²) in [4.78, 5) is -0.572. The number of nitrogens with two attached hydrogens (primary N) is 1. The van der Waals surface area contributed by atoms with Gasteiger partial charge in [0.05, 0.1) is 5.75 Å². The fourth-order valence-corrected chi connectivity index (χ4v) is 3.52. The standard InChI is InChI=1S/C10H14BrFN2O4S2/c1-19(15,16)4-2-3-14-20(17,18)10-6-9(13)7(11)5-8(10)12/h5-6,14H,2-4,13H2,1H3. The van der Waals surface area contributed by atoms with E-state index in [1.54, 1.807) is 0 Å². The van der Waals surface area contributed by atoms with Crippen molar-refractivity contribution in [2.75, 3.05) is 24.3 Å². The molecule has 0 heterocycles. The van der Waals surface area contributed by atoms with Crippen molar-refractivity contribution in [3.8, 4) is 0 Å². The second-order valence-electron chi connectivity index (χ2n) is 4.19. The van der Waals surface area contributed by atoms with Gasteiger partial charge in [0.15, 0.2) is 0 Å². The van der Waals surface area contributed by atoms with Crippen LogP contribution in [0.5, 0.6) is 0 Å². The van der Waals surface area contributed by atoms with Crippen molar-refractivity contribution in [2.24, 2.45) is 0 Å². The van der Waals surface area contributed by atoms with Crippen LogP contribution in [0.4, 0.5) is 10.1 Å². The quantitative estimate of drug-likeness (QED) is 0.555. The van der Waals surface area contributed by atoms with Crippen molar-refractivity contribution in [2.45, 2.75) is 11.3 Å². The van der Waals surface area contributed by atoms with Crippen LogP contribution in [0.2, 0.25) is 0 Å². The summed E-state index contributed by atoms with van der Waals surface area (Å²) < 4.78 is 61.6. The van der Waals surface area contributed by atoms with Gasteiger partial charge in [0.2, 0.25) is 10.0 Å². The minimum Gasteiger partial charge on any atom is -0.398 e. The van der Waals surface area contributed by atoms with E-state index in [9.17, 15) is 21.2 Å². The van der Waals surface area contributed by atoms with Crippen molar-refractivity contribution >= 4 is 41.5 Å². The largest absolute Gasteiger partial charge is 0.398 e. The Morgan fingerprint density at radius 1 is 1.30 bits per heavy atom. The second kappa shape index (κ2) is 6.37. The summed E-state index contributed by atoms with van der Waals surface area (Å²) in [6.07, 6.45) is 1.16. The lowest BCUT2D eigenvalue weighted by atomic mass is 10.3. The number of rotatable bonds is 6. The third kappa shape index (κ3) is 5.00. The van der Waals surface area contributed by atoms with Gasteiger partial charge in [-0.25, -0.2) is 25.9 Å². The smallest absolute Gasteiger partial charge is 0.243 e. The van der Waals surface area contributed by atoms with Crippen molar-refractivity contribution in [3.05, 3.63) is 22.4 Å². The van der Waals surface area contributed by atoms with Crippen LogP contribution in [-0.4, -0.2) is 35.4 Å². The number of halogens is 2. The summed E-state index contributed by atoms with van der Waals surface area (Å²) in [6, 6.07) is 1.96. The minimum atomic E-state index is -4.07. The highest BCUT2D eigenvalue weighted by molar-refractivity contribution is 9.10. The van der Waals surface area contributed by atoms with Crippen LogP contribution < -0.4 is 10.5 Å². The molecule has 0 bridgehead atoms. The van der Waals surface area contributed by atoms with Crippen LogP contribution in [0.25, 0.3) is 0 Å². The van der Waals surface area contributed by atoms with Crippen molar-refractivity contribution in [1.29, 1.82) is 0 Å². The number of hydrogen-bond donors (Lipinski definition) is 2. The molecule has 0 amide bonds. The first kappa shape index (κ1) is 17.3. The summed E-state index contributed by atoms with van der Waals surface area (Å²) in [6.45, 7) is -0.106. The van der Waals surface area contributed by atoms with E-state index in [1.807, 2.05) is 0 Å². The molecule has 10 heteroatoms. The first-order valence-electron chi connectivity index (χ1n) is 5.45. The maximum absolute atomic E-state index is 13.6. The number of hydrogen-bond acceptors (Lipinski definition) is 5. The summed E-state index contributed by atoms with van der Waals surface area (Å²) in [5.74, 6) is -1.10. The normalized spacial score (nSPS) is 12.6. The molecule has 0 aliphatic carbocycles. The molecular formula is C10H14BrFN2O4S2. The molecule has 0 aliphatic heterocycles. The Balaban J connectivity index is 2.82. The first-order valence-corrected chi connectivity index (χ1v) is 9.78. The van der Waals surface area contributed by atoms with Gasteiger partial charge in [-0.3, -0.25) is 0 Å². The number of nitrogens with one attached hydrogen (secondary N) is 1. The van der Waals surface area contributed by atoms with Crippen LogP contribution >= 0.6 is 15.9 Å². The highest BCUT2D eigenvalue weighted by Gasteiger charge is 2.20. The van der Waals surface area contributed by atoms with Gasteiger partial charge in [-0.15, -0.1) is 0 Å². The SMILES string of the molecule is CS(=O)(=O)CCCNS(=O)(=O)c1cc(N)c(Br)cc1F. The molecule has 0 unspecified atom stereocenters. The molecule has 20 heavy (non-hydrogen) atoms. The molecule has 0 atom stereocenters. The monoisotopic (exact) mass is 388 g/mol. The maximum Gasteiger partial charge on any atom is 0.243 e. The van der Waals surface area contributed by atoms with Crippen LogP contribution in [0.15, 0.2) is 21.5 Å². The third-order valence-corrected chi connectivity index (χ3v) is 5.52. The summed E-state index contributed by atoms with van der Waals surface area (Å²) >= 11 is 2.99. The lowest BCUT2D eigenvalue weighted by Gasteiger charge is -2.09. The fraction of sp³-hybridized carbons (Fsp3) is 0.400. The average Bonchev–Trinajstić information content (AvgIpc) is 2.28. The maximum atomic E-state index is 13.6. The molecule has 0 fully saturated rings. The Morgan fingerprint density at radius 3 is 2.45 bits per heavy atom. The Bertz CT molecular complexity index is 704. The van der Waals surface area contributed by atoms with E-state index in [2.05, 4.69) is 20.7 Å². The van der Waals surface area contributed by atoms with E-state index in [-0.39, 0.29) is 28.9 Å². The molecule has 1 rings (SSSR count). The summed E-state index contributed by atoms with van der Waals surface area (Å²) in [5.41, 5.74) is 5.60. The highest BCUT2D eigenvalue weighted by Crippen LogP contribution is 2.25. The van der Waals surface area contributed by atoms with Gasteiger partial charge in [0.25, 0.3) is 0 Å². The topological polar surface area (TPSA) is 106 Å². The van der Waals surface area contributed by atoms with E-state index in [0.29, 0.717) is 0 Å². The Hall–Kier alpha value is -0.710. The number of benzene rings is 1. The summed E-state index contributed by atoms with van der Waals surface area (Å²) in [7, 11) is -7.23. The molecule has 1 aromatic carbocycles. The van der Waals surface area contributed by atoms with E-state index in [4.69, 9.17) is 5.73 Å². The third-order valence-electron chi connectivity index (χ3n) is 2.32. The molecule has 114 valence electrons. The summed E-state index contributed by atoms with van der Waals surface area (Å²) in [5, 5.41) is 0. The van der Waals surface area contributed by atoms with E-state index in [1.165, 1.54) is 0 Å². The lowest BCUT2D eigenvalue weighted by molar-refractivity contribution is 0.555. The van der Waals surface area contributed by atoms with Crippen LogP contribution in [0.3, 0.4) is 0 Å². The van der Waals surface area contributed by atoms with Gasteiger partial charge < -0.3 is 5.73 Å². The van der Waals surface area contributed by atoms with Gasteiger partial charge in [-0.2, -0.15) is 0 Å². The van der Waals surface area contributed by atoms with Crippen molar-refractivity contribution in [3.63, 3.8) is 0 Å². The van der Waals surface area contributed by atoms with Gasteiger partial charge >= 0.3 is 0 Å². The molecule has 0 aliphatic rings. The number of sulfonamides is 1. The minimum absolute atomic E-state index is 0.0860. The fourth-order valence-electron chi connectivity index (χ4n) is 1.37. The Kier molecular flexibility index (Phi) is 5.53. The van der Waals surface area contributed by atoms with Crippen LogP contribution in [-0.2, 0) is 19.9 Å². The molecule has 3 N–H and O–H groups in total.